The summed E-state index contributed by atoms with van der Waals surface area (Å²) in [5.74, 6) is -0.117. The third kappa shape index (κ3) is 2.38. The summed E-state index contributed by atoms with van der Waals surface area (Å²) in [5, 5.41) is 0.328. The van der Waals surface area contributed by atoms with Gasteiger partial charge in [-0.1, -0.05) is 11.8 Å². The third-order valence-corrected chi connectivity index (χ3v) is 3.21. The fraction of sp³-hybridized carbons (Fsp3) is 0.400. The van der Waals surface area contributed by atoms with E-state index in [0.717, 1.165) is 0 Å². The normalized spacial score (nSPS) is 15.7. The number of hydrogen-bond acceptors (Lipinski definition) is 5. The molecular weight excluding hydrogens is 226 g/mol. The second kappa shape index (κ2) is 4.61. The van der Waals surface area contributed by atoms with Gasteiger partial charge in [0.25, 0.3) is 5.91 Å². The van der Waals surface area contributed by atoms with E-state index in [1.807, 2.05) is 0 Å². The molecule has 1 aliphatic heterocycles. The first-order chi connectivity index (χ1) is 7.66. The van der Waals surface area contributed by atoms with Gasteiger partial charge in [-0.05, 0) is 0 Å². The lowest BCUT2D eigenvalue weighted by atomic mass is 10.2. The molecule has 1 fully saturated rings. The molecule has 0 aromatic carbocycles. The molecule has 0 unspecified atom stereocenters. The number of carbonyl (C=O) groups is 2. The van der Waals surface area contributed by atoms with Gasteiger partial charge in [-0.15, -0.1) is 0 Å². The van der Waals surface area contributed by atoms with Crippen LogP contribution in [0.3, 0.4) is 0 Å². The van der Waals surface area contributed by atoms with Crippen molar-refractivity contribution in [2.24, 2.45) is 0 Å². The molecule has 1 aromatic rings. The minimum Gasteiger partial charge on any atom is -0.335 e. The lowest BCUT2D eigenvalue weighted by Crippen LogP contribution is -2.52. The molecule has 16 heavy (non-hydrogen) atoms. The van der Waals surface area contributed by atoms with Crippen molar-refractivity contribution in [3.05, 3.63) is 24.3 Å². The van der Waals surface area contributed by atoms with Crippen LogP contribution in [0.2, 0.25) is 0 Å². The Kier molecular flexibility index (Phi) is 3.19. The molecule has 84 valence electrons. The highest BCUT2D eigenvalue weighted by Gasteiger charge is 2.32. The van der Waals surface area contributed by atoms with Crippen molar-refractivity contribution < 1.29 is 9.59 Å². The smallest absolute Gasteiger partial charge is 0.274 e. The summed E-state index contributed by atoms with van der Waals surface area (Å²) in [5.41, 5.74) is 0.355. The zero-order chi connectivity index (χ0) is 11.5. The fourth-order valence-electron chi connectivity index (χ4n) is 1.48. The van der Waals surface area contributed by atoms with Crippen molar-refractivity contribution in [2.45, 2.75) is 12.2 Å². The van der Waals surface area contributed by atoms with Crippen LogP contribution in [0.1, 0.15) is 17.4 Å². The van der Waals surface area contributed by atoms with Gasteiger partial charge in [0.15, 0.2) is 5.12 Å². The Morgan fingerprint density at radius 3 is 2.75 bits per heavy atom. The van der Waals surface area contributed by atoms with Crippen LogP contribution in [-0.4, -0.2) is 44.2 Å². The van der Waals surface area contributed by atoms with Gasteiger partial charge in [-0.2, -0.15) is 0 Å². The molecule has 1 amide bonds. The molecular formula is C10H11N3O2S. The molecule has 5 nitrogen and oxygen atoms in total. The second-order valence-electron chi connectivity index (χ2n) is 3.53. The zero-order valence-corrected chi connectivity index (χ0v) is 9.61. The summed E-state index contributed by atoms with van der Waals surface area (Å²) in [7, 11) is 0. The Balaban J connectivity index is 1.88. The highest BCUT2D eigenvalue weighted by molar-refractivity contribution is 8.14. The maximum absolute atomic E-state index is 11.8. The van der Waals surface area contributed by atoms with Gasteiger partial charge < -0.3 is 4.90 Å². The molecule has 0 atom stereocenters. The first-order valence-corrected chi connectivity index (χ1v) is 5.77. The average molecular weight is 237 g/mol. The summed E-state index contributed by atoms with van der Waals surface area (Å²) in [6.07, 6.45) is 4.48. The lowest BCUT2D eigenvalue weighted by molar-refractivity contribution is -0.109. The van der Waals surface area contributed by atoms with Crippen molar-refractivity contribution >= 4 is 22.8 Å². The molecule has 0 radical (unpaired) electrons. The maximum Gasteiger partial charge on any atom is 0.274 e. The Labute approximate surface area is 97.3 Å². The topological polar surface area (TPSA) is 63.2 Å². The highest BCUT2D eigenvalue weighted by Crippen LogP contribution is 2.23. The quantitative estimate of drug-likeness (QED) is 0.753. The van der Waals surface area contributed by atoms with Crippen LogP contribution < -0.4 is 0 Å². The number of amides is 1. The average Bonchev–Trinajstić information content (AvgIpc) is 2.23. The number of rotatable bonds is 2. The molecule has 2 rings (SSSR count). The Morgan fingerprint density at radius 2 is 2.19 bits per heavy atom. The summed E-state index contributed by atoms with van der Waals surface area (Å²) < 4.78 is 0. The van der Waals surface area contributed by atoms with E-state index in [9.17, 15) is 9.59 Å². The summed E-state index contributed by atoms with van der Waals surface area (Å²) >= 11 is 1.29. The first-order valence-electron chi connectivity index (χ1n) is 4.89. The monoisotopic (exact) mass is 237 g/mol. The van der Waals surface area contributed by atoms with Crippen molar-refractivity contribution in [1.29, 1.82) is 0 Å². The predicted octanol–water partition coefficient (Wildman–Crippen LogP) is 0.581. The minimum absolute atomic E-state index is 0.0941. The summed E-state index contributed by atoms with van der Waals surface area (Å²) in [4.78, 5) is 32.1. The van der Waals surface area contributed by atoms with Gasteiger partial charge in [0, 0.05) is 37.7 Å². The number of hydrogen-bond donors (Lipinski definition) is 0. The lowest BCUT2D eigenvalue weighted by Gasteiger charge is -2.37. The fourth-order valence-corrected chi connectivity index (χ4v) is 2.46. The van der Waals surface area contributed by atoms with Gasteiger partial charge in [0.2, 0.25) is 0 Å². The molecule has 0 aliphatic carbocycles. The van der Waals surface area contributed by atoms with Crippen LogP contribution in [0.15, 0.2) is 18.6 Å². The zero-order valence-electron chi connectivity index (χ0n) is 8.79. The third-order valence-electron chi connectivity index (χ3n) is 2.25. The van der Waals surface area contributed by atoms with Crippen LogP contribution in [-0.2, 0) is 4.79 Å². The predicted molar refractivity (Wildman–Crippen MR) is 60.0 cm³/mol. The molecule has 6 heteroatoms. The number of nitrogens with zero attached hydrogens (tertiary/aromatic N) is 3. The van der Waals surface area contributed by atoms with Crippen molar-refractivity contribution in [3.8, 4) is 0 Å². The largest absolute Gasteiger partial charge is 0.335 e. The van der Waals surface area contributed by atoms with Gasteiger partial charge >= 0.3 is 0 Å². The van der Waals surface area contributed by atoms with E-state index in [1.54, 1.807) is 4.90 Å². The molecule has 1 saturated heterocycles. The number of thioether (sulfide) groups is 1. The van der Waals surface area contributed by atoms with Gasteiger partial charge in [-0.3, -0.25) is 14.6 Å². The van der Waals surface area contributed by atoms with Crippen LogP contribution >= 0.6 is 11.8 Å². The molecule has 0 saturated carbocycles. The maximum atomic E-state index is 11.8. The standard InChI is InChI=1S/C10H11N3O2S/c1-7(14)16-8-5-13(6-8)10(15)9-4-11-2-3-12-9/h2-4,8H,5-6H2,1H3. The molecule has 1 aromatic heterocycles. The van der Waals surface area contributed by atoms with Crippen molar-refractivity contribution in [2.75, 3.05) is 13.1 Å². The molecule has 1 aliphatic rings. The SMILES string of the molecule is CC(=O)SC1CN(C(=O)c2cnccn2)C1. The van der Waals surface area contributed by atoms with E-state index >= 15 is 0 Å². The van der Waals surface area contributed by atoms with Gasteiger partial charge in [0.1, 0.15) is 5.69 Å². The van der Waals surface area contributed by atoms with Gasteiger partial charge in [0.05, 0.1) is 6.20 Å². The van der Waals surface area contributed by atoms with E-state index in [0.29, 0.717) is 18.8 Å². The molecule has 0 N–H and O–H groups in total. The minimum atomic E-state index is -0.117. The van der Waals surface area contributed by atoms with Crippen molar-refractivity contribution in [1.82, 2.24) is 14.9 Å². The van der Waals surface area contributed by atoms with Crippen LogP contribution in [0.4, 0.5) is 0 Å². The number of aromatic nitrogens is 2. The Morgan fingerprint density at radius 1 is 1.44 bits per heavy atom. The Bertz CT molecular complexity index is 404. The molecule has 2 heterocycles. The van der Waals surface area contributed by atoms with Crippen LogP contribution in [0.5, 0.6) is 0 Å². The van der Waals surface area contributed by atoms with E-state index in [4.69, 9.17) is 0 Å². The van der Waals surface area contributed by atoms with E-state index in [-0.39, 0.29) is 16.3 Å². The summed E-state index contributed by atoms with van der Waals surface area (Å²) in [6, 6.07) is 0. The van der Waals surface area contributed by atoms with E-state index in [2.05, 4.69) is 9.97 Å². The van der Waals surface area contributed by atoms with E-state index < -0.39 is 0 Å². The van der Waals surface area contributed by atoms with Crippen LogP contribution in [0, 0.1) is 0 Å². The summed E-state index contributed by atoms with van der Waals surface area (Å²) in [6.45, 7) is 2.76. The first kappa shape index (κ1) is 11.1. The highest BCUT2D eigenvalue weighted by atomic mass is 32.2. The number of carbonyl (C=O) groups excluding carboxylic acids is 2. The van der Waals surface area contributed by atoms with Crippen LogP contribution in [0.25, 0.3) is 0 Å². The van der Waals surface area contributed by atoms with Gasteiger partial charge in [-0.25, -0.2) is 4.98 Å². The van der Waals surface area contributed by atoms with Crippen molar-refractivity contribution in [3.63, 3.8) is 0 Å². The second-order valence-corrected chi connectivity index (χ2v) is 5.01. The number of likely N-dealkylation sites (tertiary alicyclic amines) is 1. The molecule has 0 spiro atoms. The van der Waals surface area contributed by atoms with E-state index in [1.165, 1.54) is 37.3 Å². The Hall–Kier alpha value is -1.43. The molecule has 0 bridgehead atoms.